The molecule has 0 bridgehead atoms. The average Bonchev–Trinajstić information content (AvgIpc) is 3.28. The van der Waals surface area contributed by atoms with Gasteiger partial charge < -0.3 is 9.31 Å². The first-order valence-corrected chi connectivity index (χ1v) is 12.6. The zero-order chi connectivity index (χ0) is 35.3. The standard InChI is InChI=1S/C29H5BF16O2/c31-6-4-8(32)18(34)10(5-6)48-30(47-9-3-1-2-7-11(9)19(35)26(42)24(40)17(7)33)16-14-12(20(36)25(41)23(16)39)13-15(29(14,45)46)22(38)28(44)27(43)21(13)37/h1-5H. The molecule has 6 rings (SSSR count). The van der Waals surface area contributed by atoms with Crippen LogP contribution < -0.4 is 14.8 Å². The molecule has 19 heteroatoms. The number of alkyl halides is 2. The van der Waals surface area contributed by atoms with Gasteiger partial charge in [-0.2, -0.15) is 13.2 Å². The highest BCUT2D eigenvalue weighted by molar-refractivity contribution is 6.64. The Morgan fingerprint density at radius 1 is 0.479 bits per heavy atom. The molecule has 0 saturated carbocycles. The lowest BCUT2D eigenvalue weighted by atomic mass is 9.72. The van der Waals surface area contributed by atoms with Crippen LogP contribution in [0.5, 0.6) is 11.5 Å². The van der Waals surface area contributed by atoms with E-state index in [1.807, 2.05) is 0 Å². The average molecular weight is 700 g/mol. The molecule has 0 spiro atoms. The Hall–Kier alpha value is -5.10. The van der Waals surface area contributed by atoms with Crippen LogP contribution in [0.1, 0.15) is 11.1 Å². The smallest absolute Gasteiger partial charge is 0.521 e. The zero-order valence-corrected chi connectivity index (χ0v) is 22.3. The maximum atomic E-state index is 15.9. The Morgan fingerprint density at radius 2 is 1.00 bits per heavy atom. The largest absolute Gasteiger partial charge is 0.636 e. The van der Waals surface area contributed by atoms with Crippen LogP contribution in [-0.4, -0.2) is 7.12 Å². The van der Waals surface area contributed by atoms with Gasteiger partial charge in [0, 0.05) is 34.2 Å². The van der Waals surface area contributed by atoms with Gasteiger partial charge in [0.15, 0.2) is 75.6 Å². The maximum absolute atomic E-state index is 15.9. The van der Waals surface area contributed by atoms with Gasteiger partial charge in [-0.05, 0) is 6.07 Å². The fourth-order valence-electron chi connectivity index (χ4n) is 5.20. The molecule has 2 nitrogen and oxygen atoms in total. The monoisotopic (exact) mass is 700 g/mol. The van der Waals surface area contributed by atoms with Crippen molar-refractivity contribution >= 4 is 23.4 Å². The first kappa shape index (κ1) is 32.8. The summed E-state index contributed by atoms with van der Waals surface area (Å²) in [6.45, 7) is 0. The van der Waals surface area contributed by atoms with Crippen LogP contribution in [0, 0.1) is 81.4 Å². The summed E-state index contributed by atoms with van der Waals surface area (Å²) >= 11 is 0. The minimum absolute atomic E-state index is 0.0534. The molecule has 1 aliphatic rings. The molecule has 0 fully saturated rings. The molecule has 0 aliphatic heterocycles. The second-order valence-electron chi connectivity index (χ2n) is 9.89. The van der Waals surface area contributed by atoms with E-state index in [2.05, 4.69) is 0 Å². The highest BCUT2D eigenvalue weighted by Gasteiger charge is 2.57. The van der Waals surface area contributed by atoms with E-state index < -0.39 is 144 Å². The van der Waals surface area contributed by atoms with Crippen LogP contribution in [0.3, 0.4) is 0 Å². The second-order valence-corrected chi connectivity index (χ2v) is 9.89. The molecule has 48 heavy (non-hydrogen) atoms. The quantitative estimate of drug-likeness (QED) is 0.0791. The van der Waals surface area contributed by atoms with Gasteiger partial charge in [-0.15, -0.1) is 0 Å². The summed E-state index contributed by atoms with van der Waals surface area (Å²) in [6.07, 6.45) is 0. The van der Waals surface area contributed by atoms with Crippen molar-refractivity contribution < 1.29 is 79.6 Å². The molecule has 1 aliphatic carbocycles. The molecule has 0 aromatic heterocycles. The van der Waals surface area contributed by atoms with Crippen LogP contribution in [0.2, 0.25) is 0 Å². The topological polar surface area (TPSA) is 18.5 Å². The third kappa shape index (κ3) is 4.46. The van der Waals surface area contributed by atoms with Crippen molar-refractivity contribution in [1.82, 2.24) is 0 Å². The van der Waals surface area contributed by atoms with Gasteiger partial charge in [-0.1, -0.05) is 12.1 Å². The number of rotatable bonds is 5. The summed E-state index contributed by atoms with van der Waals surface area (Å²) in [5, 5.41) is -2.60. The Morgan fingerprint density at radius 3 is 1.65 bits per heavy atom. The van der Waals surface area contributed by atoms with E-state index in [1.165, 1.54) is 0 Å². The van der Waals surface area contributed by atoms with E-state index in [0.717, 1.165) is 0 Å². The van der Waals surface area contributed by atoms with Crippen molar-refractivity contribution in [3.8, 4) is 22.6 Å². The number of benzene rings is 5. The number of hydrogen-bond acceptors (Lipinski definition) is 2. The van der Waals surface area contributed by atoms with Crippen molar-refractivity contribution in [1.29, 1.82) is 0 Å². The van der Waals surface area contributed by atoms with Crippen molar-refractivity contribution in [2.24, 2.45) is 0 Å². The molecule has 0 amide bonds. The predicted molar refractivity (Wildman–Crippen MR) is 131 cm³/mol. The van der Waals surface area contributed by atoms with Gasteiger partial charge in [-0.25, -0.2) is 57.1 Å². The maximum Gasteiger partial charge on any atom is 0.636 e. The fourth-order valence-corrected chi connectivity index (χ4v) is 5.20. The van der Waals surface area contributed by atoms with E-state index in [-0.39, 0.29) is 12.1 Å². The van der Waals surface area contributed by atoms with Crippen molar-refractivity contribution in [3.63, 3.8) is 0 Å². The summed E-state index contributed by atoms with van der Waals surface area (Å²) in [5.41, 5.74) is -11.5. The number of halogens is 16. The van der Waals surface area contributed by atoms with Gasteiger partial charge in [0.05, 0.1) is 16.4 Å². The molecule has 0 heterocycles. The van der Waals surface area contributed by atoms with Crippen LogP contribution in [0.25, 0.3) is 21.9 Å². The van der Waals surface area contributed by atoms with E-state index in [0.29, 0.717) is 18.2 Å². The predicted octanol–water partition coefficient (Wildman–Crippen LogP) is 8.76. The van der Waals surface area contributed by atoms with E-state index >= 15 is 22.0 Å². The second kappa shape index (κ2) is 11.0. The van der Waals surface area contributed by atoms with Crippen LogP contribution in [0.15, 0.2) is 30.3 Å². The minimum Gasteiger partial charge on any atom is -0.521 e. The zero-order valence-electron chi connectivity index (χ0n) is 22.3. The Labute approximate surface area is 254 Å². The molecule has 248 valence electrons. The Kier molecular flexibility index (Phi) is 7.51. The van der Waals surface area contributed by atoms with Gasteiger partial charge in [0.1, 0.15) is 17.3 Å². The van der Waals surface area contributed by atoms with Gasteiger partial charge in [0.25, 0.3) is 0 Å². The molecular formula is C29H5BF16O2. The molecule has 0 radical (unpaired) electrons. The van der Waals surface area contributed by atoms with Crippen LogP contribution >= 0.6 is 0 Å². The number of fused-ring (bicyclic) bond motifs is 4. The SMILES string of the molecule is Fc1cc(F)c(F)c(OB(Oc2cccc3c(F)c(F)c(F)c(F)c23)c2c(F)c(F)c(F)c3c2C(F)(F)c2c(F)c(F)c(F)c(F)c2-3)c1. The molecule has 5 aromatic rings. The molecule has 0 atom stereocenters. The van der Waals surface area contributed by atoms with Crippen LogP contribution in [0.4, 0.5) is 70.2 Å². The lowest BCUT2D eigenvalue weighted by Gasteiger charge is -2.23. The van der Waals surface area contributed by atoms with Crippen molar-refractivity contribution in [2.75, 3.05) is 0 Å². The summed E-state index contributed by atoms with van der Waals surface area (Å²) in [6, 6.07) is 1.62. The fraction of sp³-hybridized carbons (Fsp3) is 0.0345. The van der Waals surface area contributed by atoms with Gasteiger partial charge in [-0.3, -0.25) is 0 Å². The minimum atomic E-state index is -5.41. The highest BCUT2D eigenvalue weighted by Crippen LogP contribution is 2.55. The molecule has 0 unspecified atom stereocenters. The molecule has 0 N–H and O–H groups in total. The van der Waals surface area contributed by atoms with Gasteiger partial charge in [0.2, 0.25) is 0 Å². The van der Waals surface area contributed by atoms with Crippen molar-refractivity contribution in [3.05, 3.63) is 123 Å². The molecule has 0 saturated heterocycles. The molecule has 5 aromatic carbocycles. The highest BCUT2D eigenvalue weighted by atomic mass is 19.3. The third-order valence-corrected chi connectivity index (χ3v) is 7.23. The van der Waals surface area contributed by atoms with E-state index in [9.17, 15) is 48.3 Å². The van der Waals surface area contributed by atoms with E-state index in [4.69, 9.17) is 9.31 Å². The van der Waals surface area contributed by atoms with Crippen LogP contribution in [-0.2, 0) is 5.92 Å². The Balaban J connectivity index is 1.71. The first-order chi connectivity index (χ1) is 22.4. The lowest BCUT2D eigenvalue weighted by molar-refractivity contribution is 0.0433. The first-order valence-electron chi connectivity index (χ1n) is 12.6. The van der Waals surface area contributed by atoms with Crippen molar-refractivity contribution in [2.45, 2.75) is 5.92 Å². The summed E-state index contributed by atoms with van der Waals surface area (Å²) in [7, 11) is -3.44. The molecular weight excluding hydrogens is 695 g/mol. The van der Waals surface area contributed by atoms with E-state index in [1.54, 1.807) is 0 Å². The summed E-state index contributed by atoms with van der Waals surface area (Å²) in [4.78, 5) is 0. The lowest BCUT2D eigenvalue weighted by Crippen LogP contribution is -2.49. The summed E-state index contributed by atoms with van der Waals surface area (Å²) in [5.74, 6) is -43.5. The Bertz CT molecular complexity index is 2240. The number of hydrogen-bond donors (Lipinski definition) is 0. The normalized spacial score (nSPS) is 13.2. The van der Waals surface area contributed by atoms with Gasteiger partial charge >= 0.3 is 13.0 Å². The summed E-state index contributed by atoms with van der Waals surface area (Å²) < 4.78 is 245. The third-order valence-electron chi connectivity index (χ3n) is 7.23.